The van der Waals surface area contributed by atoms with Gasteiger partial charge in [0.05, 0.1) is 11.4 Å². The van der Waals surface area contributed by atoms with Crippen molar-refractivity contribution in [2.24, 2.45) is 0 Å². The average Bonchev–Trinajstić information content (AvgIpc) is 3.77. The van der Waals surface area contributed by atoms with Gasteiger partial charge in [0.1, 0.15) is 11.5 Å². The Hall–Kier alpha value is -4.42. The Bertz CT molecular complexity index is 1840. The second-order valence-electron chi connectivity index (χ2n) is 11.1. The number of hydrogen-bond donors (Lipinski definition) is 2. The number of aryl methyl sites for hydroxylation is 2. The van der Waals surface area contributed by atoms with Gasteiger partial charge in [-0.2, -0.15) is 0 Å². The summed E-state index contributed by atoms with van der Waals surface area (Å²) < 4.78 is 6.07. The van der Waals surface area contributed by atoms with E-state index in [0.717, 1.165) is 32.3 Å². The average molecular weight is 723 g/mol. The second-order valence-corrected chi connectivity index (χ2v) is 15.2. The molecule has 0 aliphatic rings. The van der Waals surface area contributed by atoms with Gasteiger partial charge in [0, 0.05) is 56.0 Å². The third kappa shape index (κ3) is 10.3. The fourth-order valence-electron chi connectivity index (χ4n) is 4.61. The lowest BCUT2D eigenvalue weighted by Crippen LogP contribution is -2.11. The van der Waals surface area contributed by atoms with E-state index < -0.39 is 0 Å². The van der Waals surface area contributed by atoms with Crippen molar-refractivity contribution in [2.45, 2.75) is 36.5 Å². The first-order chi connectivity index (χ1) is 23.9. The summed E-state index contributed by atoms with van der Waals surface area (Å²) >= 11 is 6.16. The highest BCUT2D eigenvalue weighted by atomic mass is 32.2. The molecule has 2 N–H and O–H groups in total. The highest BCUT2D eigenvalue weighted by Gasteiger charge is 2.11. The van der Waals surface area contributed by atoms with Gasteiger partial charge in [0.2, 0.25) is 11.8 Å². The molecule has 0 aliphatic carbocycles. The van der Waals surface area contributed by atoms with E-state index in [2.05, 4.69) is 83.0 Å². The lowest BCUT2D eigenvalue weighted by atomic mass is 10.1. The summed E-state index contributed by atoms with van der Waals surface area (Å²) in [6.07, 6.45) is 0.831. The van der Waals surface area contributed by atoms with Crippen LogP contribution < -0.4 is 15.4 Å². The van der Waals surface area contributed by atoms with Crippen LogP contribution in [-0.4, -0.2) is 33.3 Å². The summed E-state index contributed by atoms with van der Waals surface area (Å²) in [7, 11) is 0. The normalized spacial score (nSPS) is 10.9. The van der Waals surface area contributed by atoms with E-state index in [1.54, 1.807) is 23.5 Å². The molecule has 248 valence electrons. The number of nitrogens with one attached hydrogen (secondary N) is 2. The zero-order chi connectivity index (χ0) is 34.0. The summed E-state index contributed by atoms with van der Waals surface area (Å²) in [5.41, 5.74) is 5.91. The molecule has 2 heterocycles. The van der Waals surface area contributed by atoms with Gasteiger partial charge in [-0.25, -0.2) is 9.97 Å². The maximum atomic E-state index is 12.4. The number of amides is 2. The monoisotopic (exact) mass is 722 g/mol. The number of anilines is 2. The molecule has 0 saturated heterocycles. The first-order valence-electron chi connectivity index (χ1n) is 15.6. The van der Waals surface area contributed by atoms with Crippen molar-refractivity contribution >= 4 is 68.3 Å². The summed E-state index contributed by atoms with van der Waals surface area (Å²) in [6, 6.07) is 32.0. The quantitative estimate of drug-likeness (QED) is 0.108. The summed E-state index contributed by atoms with van der Waals surface area (Å²) in [6.45, 7) is 4.12. The standard InChI is InChI=1S/C38H34N4O3S4/c1-25-3-15-31(16-4-25)46-21-19-35(43)41-37-39-33(23-48-37)27-7-11-29(12-8-27)45-30-13-9-28(10-14-30)34-24-49-38(40-34)42-36(44)20-22-47-32-17-5-26(2)6-18-32/h3-18,23-24H,19-22H2,1-2H3,(H,39,41,43)(H,40,42,44). The van der Waals surface area contributed by atoms with E-state index in [9.17, 15) is 9.59 Å². The number of thiazole rings is 2. The number of thioether (sulfide) groups is 2. The number of rotatable bonds is 14. The van der Waals surface area contributed by atoms with Crippen LogP contribution in [0.1, 0.15) is 24.0 Å². The van der Waals surface area contributed by atoms with Gasteiger partial charge in [-0.05, 0) is 86.6 Å². The smallest absolute Gasteiger partial charge is 0.226 e. The molecular weight excluding hydrogens is 689 g/mol. The third-order valence-electron chi connectivity index (χ3n) is 7.27. The first kappa shape index (κ1) is 34.4. The fraction of sp³-hybridized carbons (Fsp3) is 0.158. The van der Waals surface area contributed by atoms with Gasteiger partial charge in [0.15, 0.2) is 10.3 Å². The van der Waals surface area contributed by atoms with E-state index in [1.165, 1.54) is 33.8 Å². The molecule has 0 unspecified atom stereocenters. The second kappa shape index (κ2) is 16.8. The van der Waals surface area contributed by atoms with Crippen LogP contribution in [0.5, 0.6) is 11.5 Å². The number of benzene rings is 4. The molecule has 0 saturated carbocycles. The molecule has 0 atom stereocenters. The summed E-state index contributed by atoms with van der Waals surface area (Å²) in [5.74, 6) is 2.72. The molecule has 0 fully saturated rings. The molecule has 6 rings (SSSR count). The molecule has 4 aromatic carbocycles. The van der Waals surface area contributed by atoms with Crippen LogP contribution in [0, 0.1) is 13.8 Å². The van der Waals surface area contributed by atoms with Crippen LogP contribution in [0.15, 0.2) is 118 Å². The topological polar surface area (TPSA) is 93.2 Å². The van der Waals surface area contributed by atoms with Crippen molar-refractivity contribution in [2.75, 3.05) is 22.1 Å². The predicted molar refractivity (Wildman–Crippen MR) is 205 cm³/mol. The largest absolute Gasteiger partial charge is 0.457 e. The van der Waals surface area contributed by atoms with E-state index in [0.29, 0.717) is 46.1 Å². The number of carbonyl (C=O) groups is 2. The van der Waals surface area contributed by atoms with E-state index >= 15 is 0 Å². The maximum absolute atomic E-state index is 12.4. The van der Waals surface area contributed by atoms with Crippen molar-refractivity contribution in [3.63, 3.8) is 0 Å². The lowest BCUT2D eigenvalue weighted by molar-refractivity contribution is -0.116. The third-order valence-corrected chi connectivity index (χ3v) is 10.8. The van der Waals surface area contributed by atoms with Gasteiger partial charge in [-0.3, -0.25) is 9.59 Å². The highest BCUT2D eigenvalue weighted by molar-refractivity contribution is 7.99. The Morgan fingerprint density at radius 2 is 0.980 bits per heavy atom. The van der Waals surface area contributed by atoms with Crippen molar-refractivity contribution in [3.8, 4) is 34.0 Å². The fourth-order valence-corrected chi connectivity index (χ4v) is 7.78. The minimum atomic E-state index is -0.0447. The Labute approximate surface area is 302 Å². The van der Waals surface area contributed by atoms with Crippen LogP contribution in [0.4, 0.5) is 10.3 Å². The Balaban J connectivity index is 0.944. The highest BCUT2D eigenvalue weighted by Crippen LogP contribution is 2.31. The Kier molecular flexibility index (Phi) is 11.8. The SMILES string of the molecule is Cc1ccc(SCCC(=O)Nc2nc(-c3ccc(Oc4ccc(-c5csc(NC(=O)CCSc6ccc(C)cc6)n5)cc4)cc3)cs2)cc1. The summed E-state index contributed by atoms with van der Waals surface area (Å²) in [5, 5.41) is 10.9. The van der Waals surface area contributed by atoms with Crippen LogP contribution >= 0.6 is 46.2 Å². The molecule has 2 aromatic heterocycles. The molecule has 49 heavy (non-hydrogen) atoms. The zero-order valence-electron chi connectivity index (χ0n) is 27.0. The van der Waals surface area contributed by atoms with Gasteiger partial charge in [-0.1, -0.05) is 35.4 Å². The minimum Gasteiger partial charge on any atom is -0.457 e. The van der Waals surface area contributed by atoms with Crippen LogP contribution in [0.25, 0.3) is 22.5 Å². The number of hydrogen-bond acceptors (Lipinski definition) is 9. The van der Waals surface area contributed by atoms with Gasteiger partial charge in [-0.15, -0.1) is 46.2 Å². The molecule has 11 heteroatoms. The molecule has 0 radical (unpaired) electrons. The number of ether oxygens (including phenoxy) is 1. The number of nitrogens with zero attached hydrogens (tertiary/aromatic N) is 2. The van der Waals surface area contributed by atoms with Crippen molar-refractivity contribution in [1.29, 1.82) is 0 Å². The van der Waals surface area contributed by atoms with Gasteiger partial charge >= 0.3 is 0 Å². The van der Waals surface area contributed by atoms with Gasteiger partial charge < -0.3 is 15.4 Å². The molecule has 0 aliphatic heterocycles. The first-order valence-corrected chi connectivity index (χ1v) is 19.4. The summed E-state index contributed by atoms with van der Waals surface area (Å²) in [4.78, 5) is 36.4. The van der Waals surface area contributed by atoms with Crippen molar-refractivity contribution in [1.82, 2.24) is 9.97 Å². The van der Waals surface area contributed by atoms with Crippen molar-refractivity contribution in [3.05, 3.63) is 119 Å². The van der Waals surface area contributed by atoms with Crippen LogP contribution in [0.3, 0.4) is 0 Å². The molecule has 6 aromatic rings. The Morgan fingerprint density at radius 1 is 0.592 bits per heavy atom. The maximum Gasteiger partial charge on any atom is 0.226 e. The van der Waals surface area contributed by atoms with Crippen molar-refractivity contribution < 1.29 is 14.3 Å². The number of carbonyl (C=O) groups excluding carboxylic acids is 2. The zero-order valence-corrected chi connectivity index (χ0v) is 30.2. The van der Waals surface area contributed by atoms with Gasteiger partial charge in [0.25, 0.3) is 0 Å². The molecule has 2 amide bonds. The molecule has 0 bridgehead atoms. The lowest BCUT2D eigenvalue weighted by Gasteiger charge is -2.07. The van der Waals surface area contributed by atoms with E-state index in [-0.39, 0.29) is 11.8 Å². The molecule has 0 spiro atoms. The van der Waals surface area contributed by atoms with Crippen LogP contribution in [-0.2, 0) is 9.59 Å². The van der Waals surface area contributed by atoms with Crippen LogP contribution in [0.2, 0.25) is 0 Å². The van der Waals surface area contributed by atoms with E-state index in [4.69, 9.17) is 4.74 Å². The molecular formula is C38H34N4O3S4. The van der Waals surface area contributed by atoms with E-state index in [1.807, 2.05) is 59.3 Å². The predicted octanol–water partition coefficient (Wildman–Crippen LogP) is 10.6. The minimum absolute atomic E-state index is 0.0447. The Morgan fingerprint density at radius 3 is 1.37 bits per heavy atom. The molecule has 7 nitrogen and oxygen atoms in total. The number of aromatic nitrogens is 2.